The van der Waals surface area contributed by atoms with Gasteiger partial charge in [0.1, 0.15) is 5.56 Å². The Balaban J connectivity index is 3.20. The molecular formula is C11H15FN4O3S. The van der Waals surface area contributed by atoms with Gasteiger partial charge in [0.2, 0.25) is 0 Å². The summed E-state index contributed by atoms with van der Waals surface area (Å²) in [6.45, 7) is 0.430. The summed E-state index contributed by atoms with van der Waals surface area (Å²) < 4.78 is 13.5. The van der Waals surface area contributed by atoms with Crippen LogP contribution in [-0.4, -0.2) is 41.3 Å². The van der Waals surface area contributed by atoms with Crippen molar-refractivity contribution < 1.29 is 14.1 Å². The minimum Gasteiger partial charge on any atom is -0.341 e. The predicted molar refractivity (Wildman–Crippen MR) is 76.2 cm³/mol. The van der Waals surface area contributed by atoms with E-state index in [1.54, 1.807) is 11.8 Å². The number of nitrogen functional groups attached to an aromatic ring is 1. The number of hydrogen-bond acceptors (Lipinski definition) is 6. The molecule has 0 heterocycles. The predicted octanol–water partition coefficient (Wildman–Crippen LogP) is 1.45. The van der Waals surface area contributed by atoms with Crippen LogP contribution in [0.4, 0.5) is 15.8 Å². The number of rotatable bonds is 6. The molecule has 1 aromatic rings. The molecule has 0 aliphatic rings. The zero-order valence-electron chi connectivity index (χ0n) is 11.1. The van der Waals surface area contributed by atoms with Crippen molar-refractivity contribution in [3.8, 4) is 0 Å². The van der Waals surface area contributed by atoms with Crippen LogP contribution in [0.3, 0.4) is 0 Å². The molecule has 1 rings (SSSR count). The fraction of sp³-hybridized carbons (Fsp3) is 0.364. The number of hydrazine groups is 1. The van der Waals surface area contributed by atoms with Gasteiger partial charge in [-0.1, -0.05) is 0 Å². The number of thioether (sulfide) groups is 1. The van der Waals surface area contributed by atoms with Crippen LogP contribution in [0.5, 0.6) is 0 Å². The number of benzene rings is 1. The van der Waals surface area contributed by atoms with E-state index in [9.17, 15) is 19.3 Å². The number of nitrogens with one attached hydrogen (secondary N) is 1. The highest BCUT2D eigenvalue weighted by Gasteiger charge is 2.25. The average Bonchev–Trinajstić information content (AvgIpc) is 2.43. The highest BCUT2D eigenvalue weighted by atomic mass is 32.2. The van der Waals surface area contributed by atoms with E-state index in [0.717, 1.165) is 6.07 Å². The van der Waals surface area contributed by atoms with Crippen LogP contribution < -0.4 is 11.3 Å². The van der Waals surface area contributed by atoms with Crippen LogP contribution in [0.1, 0.15) is 10.4 Å². The van der Waals surface area contributed by atoms with Crippen molar-refractivity contribution in [3.05, 3.63) is 33.6 Å². The van der Waals surface area contributed by atoms with Gasteiger partial charge >= 0.3 is 0 Å². The summed E-state index contributed by atoms with van der Waals surface area (Å²) in [5, 5.41) is 10.9. The van der Waals surface area contributed by atoms with Gasteiger partial charge in [-0.2, -0.15) is 11.8 Å². The lowest BCUT2D eigenvalue weighted by molar-refractivity contribution is -0.385. The van der Waals surface area contributed by atoms with Crippen LogP contribution in [0, 0.1) is 15.9 Å². The minimum atomic E-state index is -0.887. The molecule has 1 amide bonds. The summed E-state index contributed by atoms with van der Waals surface area (Å²) >= 11 is 1.54. The summed E-state index contributed by atoms with van der Waals surface area (Å²) in [5.74, 6) is 4.37. The Morgan fingerprint density at radius 3 is 2.75 bits per heavy atom. The topological polar surface area (TPSA) is 102 Å². The molecule has 0 spiro atoms. The van der Waals surface area contributed by atoms with Crippen molar-refractivity contribution in [3.63, 3.8) is 0 Å². The molecule has 110 valence electrons. The summed E-state index contributed by atoms with van der Waals surface area (Å²) in [6.07, 6.45) is 1.88. The molecule has 0 fully saturated rings. The number of carbonyl (C=O) groups excluding carboxylic acids is 1. The van der Waals surface area contributed by atoms with E-state index in [0.29, 0.717) is 18.4 Å². The van der Waals surface area contributed by atoms with Crippen LogP contribution in [0.15, 0.2) is 12.1 Å². The van der Waals surface area contributed by atoms with Crippen LogP contribution >= 0.6 is 11.8 Å². The maximum atomic E-state index is 13.5. The maximum Gasteiger partial charge on any atom is 0.285 e. The van der Waals surface area contributed by atoms with Crippen molar-refractivity contribution in [1.29, 1.82) is 0 Å². The second-order valence-corrected chi connectivity index (χ2v) is 4.96. The van der Waals surface area contributed by atoms with Gasteiger partial charge in [-0.15, -0.1) is 0 Å². The third-order valence-corrected chi connectivity index (χ3v) is 3.24. The van der Waals surface area contributed by atoms with E-state index in [4.69, 9.17) is 5.84 Å². The monoisotopic (exact) mass is 302 g/mol. The molecule has 0 aromatic heterocycles. The number of nitro groups is 1. The lowest BCUT2D eigenvalue weighted by Crippen LogP contribution is -2.29. The molecular weight excluding hydrogens is 287 g/mol. The van der Waals surface area contributed by atoms with Gasteiger partial charge in [-0.25, -0.2) is 4.39 Å². The molecule has 0 radical (unpaired) electrons. The first kappa shape index (κ1) is 16.2. The number of nitrogens with zero attached hydrogens (tertiary/aromatic N) is 2. The Hall–Kier alpha value is -1.87. The fourth-order valence-electron chi connectivity index (χ4n) is 1.53. The first-order valence-corrected chi connectivity index (χ1v) is 7.00. The van der Waals surface area contributed by atoms with E-state index in [-0.39, 0.29) is 11.3 Å². The fourth-order valence-corrected chi connectivity index (χ4v) is 1.99. The SMILES string of the molecule is CSCCN(C)C(=O)c1cc(NN)c(F)cc1[N+](=O)[O-]. The summed E-state index contributed by atoms with van der Waals surface area (Å²) in [6, 6.07) is 1.73. The van der Waals surface area contributed by atoms with Gasteiger partial charge < -0.3 is 10.3 Å². The van der Waals surface area contributed by atoms with E-state index >= 15 is 0 Å². The normalized spacial score (nSPS) is 10.2. The zero-order chi connectivity index (χ0) is 15.3. The number of hydrogen-bond donors (Lipinski definition) is 2. The van der Waals surface area contributed by atoms with Gasteiger partial charge in [0.05, 0.1) is 16.7 Å². The molecule has 20 heavy (non-hydrogen) atoms. The van der Waals surface area contributed by atoms with Crippen molar-refractivity contribution in [2.75, 3.05) is 31.0 Å². The highest BCUT2D eigenvalue weighted by molar-refractivity contribution is 7.98. The molecule has 0 saturated carbocycles. The number of carbonyl (C=O) groups is 1. The van der Waals surface area contributed by atoms with E-state index in [1.807, 2.05) is 6.26 Å². The van der Waals surface area contributed by atoms with Gasteiger partial charge in [0.15, 0.2) is 5.82 Å². The third kappa shape index (κ3) is 3.58. The van der Waals surface area contributed by atoms with E-state index in [1.165, 1.54) is 11.9 Å². The summed E-state index contributed by atoms with van der Waals surface area (Å²) in [5.41, 5.74) is 1.12. The zero-order valence-corrected chi connectivity index (χ0v) is 11.9. The van der Waals surface area contributed by atoms with E-state index < -0.39 is 22.3 Å². The van der Waals surface area contributed by atoms with Gasteiger partial charge in [0, 0.05) is 19.3 Å². The van der Waals surface area contributed by atoms with E-state index in [2.05, 4.69) is 5.43 Å². The van der Waals surface area contributed by atoms with Gasteiger partial charge in [0.25, 0.3) is 11.6 Å². The number of nitrogens with two attached hydrogens (primary N) is 1. The largest absolute Gasteiger partial charge is 0.341 e. The highest BCUT2D eigenvalue weighted by Crippen LogP contribution is 2.26. The van der Waals surface area contributed by atoms with Crippen molar-refractivity contribution in [2.45, 2.75) is 0 Å². The second-order valence-electron chi connectivity index (χ2n) is 3.97. The quantitative estimate of drug-likeness (QED) is 0.468. The number of anilines is 1. The molecule has 1 aromatic carbocycles. The Bertz CT molecular complexity index is 527. The first-order valence-electron chi connectivity index (χ1n) is 5.61. The number of amides is 1. The average molecular weight is 302 g/mol. The van der Waals surface area contributed by atoms with Crippen LogP contribution in [0.2, 0.25) is 0 Å². The maximum absolute atomic E-state index is 13.5. The Kier molecular flexibility index (Phi) is 5.71. The van der Waals surface area contributed by atoms with Crippen LogP contribution in [-0.2, 0) is 0 Å². The van der Waals surface area contributed by atoms with Gasteiger partial charge in [-0.05, 0) is 12.3 Å². The molecule has 3 N–H and O–H groups in total. The molecule has 0 unspecified atom stereocenters. The number of halogens is 1. The van der Waals surface area contributed by atoms with Crippen LogP contribution in [0.25, 0.3) is 0 Å². The number of nitro benzene ring substituents is 1. The lowest BCUT2D eigenvalue weighted by atomic mass is 10.1. The van der Waals surface area contributed by atoms with Crippen molar-refractivity contribution >= 4 is 29.0 Å². The molecule has 0 aliphatic carbocycles. The standard InChI is InChI=1S/C11H15FN4O3S/c1-15(3-4-20-2)11(17)7-5-9(14-13)8(12)6-10(7)16(18)19/h5-6,14H,3-4,13H2,1-2H3. The minimum absolute atomic E-state index is 0.169. The van der Waals surface area contributed by atoms with Crippen molar-refractivity contribution in [1.82, 2.24) is 4.90 Å². The molecule has 0 bridgehead atoms. The van der Waals surface area contributed by atoms with Crippen molar-refractivity contribution in [2.24, 2.45) is 5.84 Å². The molecule has 7 nitrogen and oxygen atoms in total. The molecule has 0 aliphatic heterocycles. The Morgan fingerprint density at radius 1 is 1.60 bits per heavy atom. The molecule has 9 heteroatoms. The third-order valence-electron chi connectivity index (χ3n) is 2.65. The first-order chi connectivity index (χ1) is 9.42. The Morgan fingerprint density at radius 2 is 2.25 bits per heavy atom. The second kappa shape index (κ2) is 7.06. The summed E-state index contributed by atoms with van der Waals surface area (Å²) in [7, 11) is 1.53. The smallest absolute Gasteiger partial charge is 0.285 e. The lowest BCUT2D eigenvalue weighted by Gasteiger charge is -2.17. The summed E-state index contributed by atoms with van der Waals surface area (Å²) in [4.78, 5) is 23.7. The Labute approximate surface area is 119 Å². The molecule has 0 saturated heterocycles. The van der Waals surface area contributed by atoms with Gasteiger partial charge in [-0.3, -0.25) is 20.8 Å². The molecule has 0 atom stereocenters.